The molecule has 2 amide bonds. The second-order valence-corrected chi connectivity index (χ2v) is 6.35. The third-order valence-electron chi connectivity index (χ3n) is 4.13. The van der Waals surface area contributed by atoms with E-state index in [1.54, 1.807) is 0 Å². The van der Waals surface area contributed by atoms with Crippen LogP contribution in [0.25, 0.3) is 0 Å². The van der Waals surface area contributed by atoms with E-state index in [4.69, 9.17) is 4.74 Å². The maximum atomic E-state index is 12.3. The lowest BCUT2D eigenvalue weighted by atomic mass is 9.86. The van der Waals surface area contributed by atoms with Gasteiger partial charge in [0.05, 0.1) is 18.8 Å². The summed E-state index contributed by atoms with van der Waals surface area (Å²) >= 11 is 0. The molecule has 0 bridgehead atoms. The molecule has 2 rings (SSSR count). The van der Waals surface area contributed by atoms with Crippen LogP contribution >= 0.6 is 0 Å². The summed E-state index contributed by atoms with van der Waals surface area (Å²) in [5.74, 6) is 0.608. The monoisotopic (exact) mass is 254 g/mol. The lowest BCUT2D eigenvalue weighted by molar-refractivity contribution is -0.0737. The first-order chi connectivity index (χ1) is 8.48. The van der Waals surface area contributed by atoms with Crippen molar-refractivity contribution in [2.45, 2.75) is 58.1 Å². The minimum atomic E-state index is -0.215. The topological polar surface area (TPSA) is 41.6 Å². The van der Waals surface area contributed by atoms with Crippen molar-refractivity contribution in [1.82, 2.24) is 10.2 Å². The van der Waals surface area contributed by atoms with Crippen molar-refractivity contribution >= 4 is 6.03 Å². The van der Waals surface area contributed by atoms with Gasteiger partial charge in [0, 0.05) is 12.6 Å². The Labute approximate surface area is 110 Å². The zero-order valence-corrected chi connectivity index (χ0v) is 11.9. The van der Waals surface area contributed by atoms with Crippen molar-refractivity contribution in [3.63, 3.8) is 0 Å². The van der Waals surface area contributed by atoms with E-state index in [1.807, 2.05) is 18.7 Å². The van der Waals surface area contributed by atoms with Gasteiger partial charge >= 0.3 is 6.03 Å². The van der Waals surface area contributed by atoms with Crippen LogP contribution in [0.4, 0.5) is 4.79 Å². The molecule has 0 radical (unpaired) electrons. The first-order valence-corrected chi connectivity index (χ1v) is 7.17. The van der Waals surface area contributed by atoms with Crippen LogP contribution in [-0.4, -0.2) is 42.3 Å². The number of urea groups is 1. The van der Waals surface area contributed by atoms with E-state index in [9.17, 15) is 4.79 Å². The Morgan fingerprint density at radius 3 is 2.72 bits per heavy atom. The first kappa shape index (κ1) is 13.7. The number of nitrogens with one attached hydrogen (secondary N) is 1. The van der Waals surface area contributed by atoms with Crippen molar-refractivity contribution in [3.8, 4) is 0 Å². The predicted molar refractivity (Wildman–Crippen MR) is 71.6 cm³/mol. The fraction of sp³-hybridized carbons (Fsp3) is 0.929. The van der Waals surface area contributed by atoms with E-state index >= 15 is 0 Å². The molecule has 4 heteroatoms. The summed E-state index contributed by atoms with van der Waals surface area (Å²) in [5, 5.41) is 3.21. The van der Waals surface area contributed by atoms with Gasteiger partial charge < -0.3 is 15.0 Å². The molecule has 18 heavy (non-hydrogen) atoms. The summed E-state index contributed by atoms with van der Waals surface area (Å²) < 4.78 is 5.64. The molecule has 0 aromatic heterocycles. The van der Waals surface area contributed by atoms with Gasteiger partial charge in [-0.15, -0.1) is 0 Å². The molecule has 1 saturated carbocycles. The van der Waals surface area contributed by atoms with Crippen LogP contribution in [0.5, 0.6) is 0 Å². The van der Waals surface area contributed by atoms with Gasteiger partial charge in [-0.25, -0.2) is 4.79 Å². The Bertz CT molecular complexity index is 304. The molecule has 0 spiro atoms. The summed E-state index contributed by atoms with van der Waals surface area (Å²) in [6, 6.07) is 0.447. The second kappa shape index (κ2) is 5.47. The van der Waals surface area contributed by atoms with E-state index in [0.29, 0.717) is 31.7 Å². The molecule has 2 atom stereocenters. The van der Waals surface area contributed by atoms with Gasteiger partial charge in [-0.2, -0.15) is 0 Å². The molecule has 1 heterocycles. The molecule has 0 aromatic carbocycles. The number of carbonyl (C=O) groups excluding carboxylic acids is 1. The van der Waals surface area contributed by atoms with E-state index in [1.165, 1.54) is 19.3 Å². The van der Waals surface area contributed by atoms with Crippen molar-refractivity contribution in [2.24, 2.45) is 5.92 Å². The first-order valence-electron chi connectivity index (χ1n) is 7.17. The highest BCUT2D eigenvalue weighted by Gasteiger charge is 2.31. The van der Waals surface area contributed by atoms with Gasteiger partial charge in [0.25, 0.3) is 0 Å². The Kier molecular flexibility index (Phi) is 4.15. The van der Waals surface area contributed by atoms with E-state index in [0.717, 1.165) is 6.42 Å². The average Bonchev–Trinajstić information content (AvgIpc) is 2.31. The van der Waals surface area contributed by atoms with Gasteiger partial charge in [0.2, 0.25) is 0 Å². The minimum Gasteiger partial charge on any atom is -0.372 e. The summed E-state index contributed by atoms with van der Waals surface area (Å²) in [4.78, 5) is 14.2. The Morgan fingerprint density at radius 2 is 2.06 bits per heavy atom. The van der Waals surface area contributed by atoms with Gasteiger partial charge in [-0.05, 0) is 32.6 Å². The predicted octanol–water partition coefficient (Wildman–Crippen LogP) is 2.39. The fourth-order valence-corrected chi connectivity index (χ4v) is 2.97. The van der Waals surface area contributed by atoms with Crippen molar-refractivity contribution < 1.29 is 9.53 Å². The fourth-order valence-electron chi connectivity index (χ4n) is 2.97. The molecule has 1 aliphatic heterocycles. The molecule has 0 aromatic rings. The molecule has 1 N–H and O–H groups in total. The third-order valence-corrected chi connectivity index (χ3v) is 4.13. The molecular weight excluding hydrogens is 228 g/mol. The van der Waals surface area contributed by atoms with Crippen molar-refractivity contribution in [1.29, 1.82) is 0 Å². The molecule has 0 unspecified atom stereocenters. The van der Waals surface area contributed by atoms with Gasteiger partial charge in [0.1, 0.15) is 0 Å². The Hall–Kier alpha value is -0.770. The number of morpholine rings is 1. The standard InChI is InChI=1S/C14H26N2O2/c1-11-6-4-5-7-12(11)15-13(17)16-8-9-18-14(2,3)10-16/h11-12H,4-10H2,1-3H3,(H,15,17)/t11-,12+/m1/s1. The molecule has 2 fully saturated rings. The number of hydrogen-bond donors (Lipinski definition) is 1. The quantitative estimate of drug-likeness (QED) is 0.780. The third kappa shape index (κ3) is 3.37. The highest BCUT2D eigenvalue weighted by Crippen LogP contribution is 2.24. The molecular formula is C14H26N2O2. The normalized spacial score (nSPS) is 32.1. The van der Waals surface area contributed by atoms with Gasteiger partial charge in [-0.3, -0.25) is 0 Å². The van der Waals surface area contributed by atoms with E-state index in [2.05, 4.69) is 12.2 Å². The molecule has 1 aliphatic carbocycles. The second-order valence-electron chi connectivity index (χ2n) is 6.35. The van der Waals surface area contributed by atoms with Crippen LogP contribution in [0, 0.1) is 5.92 Å². The highest BCUT2D eigenvalue weighted by atomic mass is 16.5. The zero-order chi connectivity index (χ0) is 13.2. The summed E-state index contributed by atoms with van der Waals surface area (Å²) in [6.45, 7) is 8.34. The minimum absolute atomic E-state index is 0.0881. The molecule has 2 aliphatic rings. The van der Waals surface area contributed by atoms with Crippen LogP contribution in [0.2, 0.25) is 0 Å². The maximum Gasteiger partial charge on any atom is 0.317 e. The van der Waals surface area contributed by atoms with Gasteiger partial charge in [0.15, 0.2) is 0 Å². The molecule has 4 nitrogen and oxygen atoms in total. The van der Waals surface area contributed by atoms with Crippen LogP contribution in [0.1, 0.15) is 46.5 Å². The Balaban J connectivity index is 1.87. The van der Waals surface area contributed by atoms with E-state index in [-0.39, 0.29) is 11.6 Å². The van der Waals surface area contributed by atoms with Crippen LogP contribution in [0.3, 0.4) is 0 Å². The lowest BCUT2D eigenvalue weighted by Crippen LogP contribution is -2.55. The van der Waals surface area contributed by atoms with Crippen LogP contribution in [-0.2, 0) is 4.74 Å². The number of carbonyl (C=O) groups is 1. The summed E-state index contributed by atoms with van der Waals surface area (Å²) in [7, 11) is 0. The SMILES string of the molecule is C[C@@H]1CCCC[C@@H]1NC(=O)N1CCOC(C)(C)C1. The highest BCUT2D eigenvalue weighted by molar-refractivity contribution is 5.74. The number of amides is 2. The van der Waals surface area contributed by atoms with Crippen LogP contribution in [0.15, 0.2) is 0 Å². The van der Waals surface area contributed by atoms with Crippen LogP contribution < -0.4 is 5.32 Å². The summed E-state index contributed by atoms with van der Waals surface area (Å²) in [6.07, 6.45) is 4.90. The number of hydrogen-bond acceptors (Lipinski definition) is 2. The number of nitrogens with zero attached hydrogens (tertiary/aromatic N) is 1. The smallest absolute Gasteiger partial charge is 0.317 e. The van der Waals surface area contributed by atoms with Gasteiger partial charge in [-0.1, -0.05) is 19.8 Å². The number of rotatable bonds is 1. The molecule has 1 saturated heterocycles. The lowest BCUT2D eigenvalue weighted by Gasteiger charge is -2.39. The van der Waals surface area contributed by atoms with Crippen molar-refractivity contribution in [2.75, 3.05) is 19.7 Å². The number of ether oxygens (including phenoxy) is 1. The zero-order valence-electron chi connectivity index (χ0n) is 11.9. The van der Waals surface area contributed by atoms with E-state index < -0.39 is 0 Å². The largest absolute Gasteiger partial charge is 0.372 e. The molecule has 104 valence electrons. The van der Waals surface area contributed by atoms with Crippen molar-refractivity contribution in [3.05, 3.63) is 0 Å². The average molecular weight is 254 g/mol. The maximum absolute atomic E-state index is 12.3. The summed E-state index contributed by atoms with van der Waals surface area (Å²) in [5.41, 5.74) is -0.215. The Morgan fingerprint density at radius 1 is 1.33 bits per heavy atom.